The molecule has 1 aromatic heterocycles. The fourth-order valence-corrected chi connectivity index (χ4v) is 3.68. The van der Waals surface area contributed by atoms with Gasteiger partial charge in [0.1, 0.15) is 0 Å². The van der Waals surface area contributed by atoms with Crippen molar-refractivity contribution in [2.24, 2.45) is 5.10 Å². The van der Waals surface area contributed by atoms with Gasteiger partial charge in [0.2, 0.25) is 0 Å². The van der Waals surface area contributed by atoms with Crippen LogP contribution in [0.2, 0.25) is 0 Å². The van der Waals surface area contributed by atoms with Gasteiger partial charge in [-0.2, -0.15) is 5.10 Å². The molecular formula is C23H23BrN4O2. The van der Waals surface area contributed by atoms with Crippen molar-refractivity contribution in [3.8, 4) is 5.69 Å². The van der Waals surface area contributed by atoms with Crippen molar-refractivity contribution < 1.29 is 9.59 Å². The van der Waals surface area contributed by atoms with Gasteiger partial charge < -0.3 is 9.88 Å². The van der Waals surface area contributed by atoms with Crippen LogP contribution in [0.25, 0.3) is 5.69 Å². The number of hydrogen-bond donors (Lipinski definition) is 2. The smallest absolute Gasteiger partial charge is 0.318 e. The third kappa shape index (κ3) is 4.68. The molecule has 1 heterocycles. The summed E-state index contributed by atoms with van der Waals surface area (Å²) in [5.41, 5.74) is 9.20. The standard InChI is InChI=1S/C23H23BrN4O2/c1-14-9-10-21(15(2)11-14)28-16(3)12-18(17(28)4)13-25-27-23(30)22(29)26-20-8-6-5-7-19(20)24/h5-13H,1-4H3,(H,26,29)(H,27,30)/b25-13-. The molecule has 3 aromatic rings. The summed E-state index contributed by atoms with van der Waals surface area (Å²) in [6.45, 7) is 8.17. The van der Waals surface area contributed by atoms with Crippen LogP contribution >= 0.6 is 15.9 Å². The fourth-order valence-electron chi connectivity index (χ4n) is 3.30. The largest absolute Gasteiger partial charge is 0.329 e. The Bertz CT molecular complexity index is 1150. The van der Waals surface area contributed by atoms with E-state index in [0.717, 1.165) is 22.6 Å². The third-order valence-electron chi connectivity index (χ3n) is 4.76. The summed E-state index contributed by atoms with van der Waals surface area (Å²) in [5.74, 6) is -1.63. The lowest BCUT2D eigenvalue weighted by molar-refractivity contribution is -0.136. The van der Waals surface area contributed by atoms with E-state index in [0.29, 0.717) is 10.2 Å². The van der Waals surface area contributed by atoms with Gasteiger partial charge in [0.05, 0.1) is 11.9 Å². The summed E-state index contributed by atoms with van der Waals surface area (Å²) < 4.78 is 2.84. The maximum absolute atomic E-state index is 12.1. The van der Waals surface area contributed by atoms with Crippen LogP contribution in [0.5, 0.6) is 0 Å². The Hall–Kier alpha value is -3.19. The molecule has 0 unspecified atom stereocenters. The van der Waals surface area contributed by atoms with Gasteiger partial charge in [-0.05, 0) is 73.5 Å². The van der Waals surface area contributed by atoms with Gasteiger partial charge in [-0.25, -0.2) is 5.43 Å². The molecule has 0 spiro atoms. The number of halogens is 1. The number of para-hydroxylation sites is 1. The highest BCUT2D eigenvalue weighted by atomic mass is 79.9. The zero-order valence-electron chi connectivity index (χ0n) is 17.3. The van der Waals surface area contributed by atoms with E-state index in [4.69, 9.17) is 0 Å². The minimum absolute atomic E-state index is 0.513. The first kappa shape index (κ1) is 21.5. The molecule has 2 N–H and O–H groups in total. The second-order valence-electron chi connectivity index (χ2n) is 7.08. The predicted octanol–water partition coefficient (Wildman–Crippen LogP) is 4.56. The minimum Gasteiger partial charge on any atom is -0.318 e. The number of hydrogen-bond acceptors (Lipinski definition) is 3. The number of carbonyl (C=O) groups is 2. The molecule has 0 saturated heterocycles. The number of nitrogens with one attached hydrogen (secondary N) is 2. The van der Waals surface area contributed by atoms with Gasteiger partial charge in [-0.1, -0.05) is 29.8 Å². The number of benzene rings is 2. The van der Waals surface area contributed by atoms with Crippen molar-refractivity contribution in [1.29, 1.82) is 0 Å². The predicted molar refractivity (Wildman–Crippen MR) is 123 cm³/mol. The SMILES string of the molecule is Cc1ccc(-n2c(C)cc(/C=N\NC(=O)C(=O)Nc3ccccc3Br)c2C)c(C)c1. The summed E-state index contributed by atoms with van der Waals surface area (Å²) in [6.07, 6.45) is 1.55. The topological polar surface area (TPSA) is 75.5 Å². The van der Waals surface area contributed by atoms with E-state index >= 15 is 0 Å². The van der Waals surface area contributed by atoms with E-state index in [1.807, 2.05) is 26.0 Å². The first-order valence-corrected chi connectivity index (χ1v) is 10.2. The molecule has 0 radical (unpaired) electrons. The summed E-state index contributed by atoms with van der Waals surface area (Å²) in [4.78, 5) is 24.1. The number of aromatic nitrogens is 1. The van der Waals surface area contributed by atoms with E-state index in [1.54, 1.807) is 24.4 Å². The molecule has 0 fully saturated rings. The van der Waals surface area contributed by atoms with E-state index in [2.05, 4.69) is 68.4 Å². The number of carbonyl (C=O) groups excluding carboxylic acids is 2. The maximum atomic E-state index is 12.1. The molecule has 0 aliphatic heterocycles. The lowest BCUT2D eigenvalue weighted by Crippen LogP contribution is -2.32. The molecule has 2 aromatic carbocycles. The number of aryl methyl sites for hydroxylation is 3. The maximum Gasteiger partial charge on any atom is 0.329 e. The number of amides is 2. The first-order valence-electron chi connectivity index (χ1n) is 9.43. The summed E-state index contributed by atoms with van der Waals surface area (Å²) in [6, 6.07) is 15.4. The quantitative estimate of drug-likeness (QED) is 0.335. The molecule has 3 rings (SSSR count). The van der Waals surface area contributed by atoms with E-state index < -0.39 is 11.8 Å². The average Bonchev–Trinajstić information content (AvgIpc) is 2.97. The number of hydrazone groups is 1. The summed E-state index contributed by atoms with van der Waals surface area (Å²) in [7, 11) is 0. The number of anilines is 1. The second kappa shape index (κ2) is 9.09. The highest BCUT2D eigenvalue weighted by Gasteiger charge is 2.15. The monoisotopic (exact) mass is 466 g/mol. The Balaban J connectivity index is 1.71. The summed E-state index contributed by atoms with van der Waals surface area (Å²) >= 11 is 3.32. The third-order valence-corrected chi connectivity index (χ3v) is 5.45. The molecular weight excluding hydrogens is 444 g/mol. The number of nitrogens with zero attached hydrogens (tertiary/aromatic N) is 2. The van der Waals surface area contributed by atoms with Crippen LogP contribution in [-0.4, -0.2) is 22.6 Å². The van der Waals surface area contributed by atoms with Crippen molar-refractivity contribution in [1.82, 2.24) is 9.99 Å². The van der Waals surface area contributed by atoms with Crippen LogP contribution in [0, 0.1) is 27.7 Å². The second-order valence-corrected chi connectivity index (χ2v) is 7.94. The highest BCUT2D eigenvalue weighted by molar-refractivity contribution is 9.10. The van der Waals surface area contributed by atoms with Crippen LogP contribution in [0.3, 0.4) is 0 Å². The molecule has 154 valence electrons. The molecule has 0 atom stereocenters. The van der Waals surface area contributed by atoms with Gasteiger partial charge >= 0.3 is 11.8 Å². The van der Waals surface area contributed by atoms with Gasteiger partial charge in [0, 0.05) is 27.1 Å². The first-order chi connectivity index (χ1) is 14.3. The lowest BCUT2D eigenvalue weighted by Gasteiger charge is -2.13. The molecule has 6 nitrogen and oxygen atoms in total. The molecule has 2 amide bonds. The zero-order valence-corrected chi connectivity index (χ0v) is 18.9. The van der Waals surface area contributed by atoms with Gasteiger partial charge in [0.25, 0.3) is 0 Å². The number of rotatable bonds is 4. The zero-order chi connectivity index (χ0) is 21.8. The van der Waals surface area contributed by atoms with Crippen molar-refractivity contribution >= 4 is 39.6 Å². The van der Waals surface area contributed by atoms with Gasteiger partial charge in [-0.15, -0.1) is 0 Å². The Kier molecular flexibility index (Phi) is 6.52. The average molecular weight is 467 g/mol. The van der Waals surface area contributed by atoms with Crippen LogP contribution in [0.15, 0.2) is 58.1 Å². The molecule has 0 bridgehead atoms. The molecule has 0 aliphatic rings. The molecule has 30 heavy (non-hydrogen) atoms. The van der Waals surface area contributed by atoms with Crippen molar-refractivity contribution in [2.75, 3.05) is 5.32 Å². The van der Waals surface area contributed by atoms with E-state index in [-0.39, 0.29) is 0 Å². The van der Waals surface area contributed by atoms with Crippen LogP contribution in [-0.2, 0) is 9.59 Å². The summed E-state index contributed by atoms with van der Waals surface area (Å²) in [5, 5.41) is 6.50. The van der Waals surface area contributed by atoms with Gasteiger partial charge in [0.15, 0.2) is 0 Å². The van der Waals surface area contributed by atoms with Crippen LogP contribution in [0.4, 0.5) is 5.69 Å². The fraction of sp³-hybridized carbons (Fsp3) is 0.174. The Labute approximate surface area is 184 Å². The molecule has 0 aliphatic carbocycles. The van der Waals surface area contributed by atoms with Crippen molar-refractivity contribution in [3.63, 3.8) is 0 Å². The molecule has 0 saturated carbocycles. The Morgan fingerprint density at radius 3 is 2.43 bits per heavy atom. The van der Waals surface area contributed by atoms with Gasteiger partial charge in [-0.3, -0.25) is 9.59 Å². The Morgan fingerprint density at radius 2 is 1.73 bits per heavy atom. The van der Waals surface area contributed by atoms with Crippen molar-refractivity contribution in [3.05, 3.63) is 81.1 Å². The highest BCUT2D eigenvalue weighted by Crippen LogP contribution is 2.23. The minimum atomic E-state index is -0.842. The van der Waals surface area contributed by atoms with Crippen molar-refractivity contribution in [2.45, 2.75) is 27.7 Å². The van der Waals surface area contributed by atoms with Crippen LogP contribution < -0.4 is 10.7 Å². The van der Waals surface area contributed by atoms with Crippen LogP contribution in [0.1, 0.15) is 28.1 Å². The van der Waals surface area contributed by atoms with E-state index in [1.165, 1.54) is 11.1 Å². The Morgan fingerprint density at radius 1 is 1.00 bits per heavy atom. The van der Waals surface area contributed by atoms with E-state index in [9.17, 15) is 9.59 Å². The lowest BCUT2D eigenvalue weighted by atomic mass is 10.1. The normalized spacial score (nSPS) is 11.0. The molecule has 7 heteroatoms.